The summed E-state index contributed by atoms with van der Waals surface area (Å²) in [5.74, 6) is -2.23. The SMILES string of the molecule is O=C(Nc1cc(F)ccc1F)C1CCN(S(=O)(=O)c2ccc3c(c2)CCC3)CC1. The molecular formula is C21H22F2N2O3S. The molecule has 1 amide bonds. The molecule has 1 fully saturated rings. The lowest BCUT2D eigenvalue weighted by Gasteiger charge is -2.30. The van der Waals surface area contributed by atoms with Crippen LogP contribution in [0.25, 0.3) is 0 Å². The molecule has 8 heteroatoms. The van der Waals surface area contributed by atoms with Gasteiger partial charge in [-0.15, -0.1) is 0 Å². The molecule has 4 rings (SSSR count). The van der Waals surface area contributed by atoms with Crippen molar-refractivity contribution in [1.29, 1.82) is 0 Å². The van der Waals surface area contributed by atoms with Crippen molar-refractivity contribution in [3.63, 3.8) is 0 Å². The van der Waals surface area contributed by atoms with Crippen LogP contribution in [0, 0.1) is 17.6 Å². The summed E-state index contributed by atoms with van der Waals surface area (Å²) in [5, 5.41) is 2.41. The van der Waals surface area contributed by atoms with E-state index in [1.807, 2.05) is 6.07 Å². The van der Waals surface area contributed by atoms with E-state index in [2.05, 4.69) is 5.32 Å². The molecule has 29 heavy (non-hydrogen) atoms. The van der Waals surface area contributed by atoms with Crippen LogP contribution in [0.4, 0.5) is 14.5 Å². The number of carbonyl (C=O) groups excluding carboxylic acids is 1. The highest BCUT2D eigenvalue weighted by atomic mass is 32.2. The van der Waals surface area contributed by atoms with Gasteiger partial charge in [-0.2, -0.15) is 4.31 Å². The molecule has 2 aromatic rings. The molecule has 1 N–H and O–H groups in total. The van der Waals surface area contributed by atoms with Crippen LogP contribution < -0.4 is 5.32 Å². The summed E-state index contributed by atoms with van der Waals surface area (Å²) in [4.78, 5) is 12.7. The third kappa shape index (κ3) is 4.04. The number of piperidine rings is 1. The minimum Gasteiger partial charge on any atom is -0.323 e. The van der Waals surface area contributed by atoms with Gasteiger partial charge in [-0.1, -0.05) is 6.07 Å². The molecule has 1 heterocycles. The van der Waals surface area contributed by atoms with Crippen molar-refractivity contribution in [2.45, 2.75) is 37.0 Å². The number of rotatable bonds is 4. The number of hydrogen-bond donors (Lipinski definition) is 1. The van der Waals surface area contributed by atoms with Gasteiger partial charge in [-0.25, -0.2) is 17.2 Å². The highest BCUT2D eigenvalue weighted by Gasteiger charge is 2.32. The number of nitrogens with zero attached hydrogens (tertiary/aromatic N) is 1. The number of fused-ring (bicyclic) bond motifs is 1. The van der Waals surface area contributed by atoms with Gasteiger partial charge in [0.25, 0.3) is 0 Å². The highest BCUT2D eigenvalue weighted by molar-refractivity contribution is 7.89. The predicted molar refractivity (Wildman–Crippen MR) is 105 cm³/mol. The Morgan fingerprint density at radius 2 is 1.72 bits per heavy atom. The topological polar surface area (TPSA) is 66.5 Å². The third-order valence-corrected chi connectivity index (χ3v) is 7.61. The number of nitrogens with one attached hydrogen (secondary N) is 1. The lowest BCUT2D eigenvalue weighted by atomic mass is 9.97. The van der Waals surface area contributed by atoms with Gasteiger partial charge in [0.2, 0.25) is 15.9 Å². The lowest BCUT2D eigenvalue weighted by Crippen LogP contribution is -2.41. The largest absolute Gasteiger partial charge is 0.323 e. The number of aryl methyl sites for hydroxylation is 2. The van der Waals surface area contributed by atoms with Crippen LogP contribution in [0.3, 0.4) is 0 Å². The van der Waals surface area contributed by atoms with Crippen molar-refractivity contribution >= 4 is 21.6 Å². The van der Waals surface area contributed by atoms with Crippen molar-refractivity contribution in [3.05, 3.63) is 59.2 Å². The maximum atomic E-state index is 13.7. The van der Waals surface area contributed by atoms with Crippen molar-refractivity contribution < 1.29 is 22.0 Å². The molecular weight excluding hydrogens is 398 g/mol. The van der Waals surface area contributed by atoms with Crippen LogP contribution in [0.5, 0.6) is 0 Å². The fourth-order valence-corrected chi connectivity index (χ4v) is 5.57. The van der Waals surface area contributed by atoms with E-state index in [-0.39, 0.29) is 18.8 Å². The summed E-state index contributed by atoms with van der Waals surface area (Å²) in [6, 6.07) is 8.18. The second kappa shape index (κ2) is 7.84. The number of carbonyl (C=O) groups is 1. The van der Waals surface area contributed by atoms with E-state index >= 15 is 0 Å². The number of hydrogen-bond acceptors (Lipinski definition) is 3. The molecule has 1 saturated heterocycles. The molecule has 0 aromatic heterocycles. The molecule has 0 atom stereocenters. The monoisotopic (exact) mass is 420 g/mol. The van der Waals surface area contributed by atoms with Gasteiger partial charge in [-0.05, 0) is 67.5 Å². The maximum absolute atomic E-state index is 13.7. The van der Waals surface area contributed by atoms with E-state index in [1.165, 1.54) is 9.87 Å². The summed E-state index contributed by atoms with van der Waals surface area (Å²) in [7, 11) is -3.61. The Morgan fingerprint density at radius 1 is 1.00 bits per heavy atom. The summed E-state index contributed by atoms with van der Waals surface area (Å²) < 4.78 is 54.3. The summed E-state index contributed by atoms with van der Waals surface area (Å²) >= 11 is 0. The number of amides is 1. The first-order chi connectivity index (χ1) is 13.8. The average molecular weight is 420 g/mol. The van der Waals surface area contributed by atoms with E-state index in [0.29, 0.717) is 17.7 Å². The zero-order chi connectivity index (χ0) is 20.6. The maximum Gasteiger partial charge on any atom is 0.243 e. The Kier molecular flexibility index (Phi) is 5.40. The van der Waals surface area contributed by atoms with Gasteiger partial charge in [-0.3, -0.25) is 4.79 Å². The predicted octanol–water partition coefficient (Wildman–Crippen LogP) is 3.49. The minimum atomic E-state index is -3.61. The number of sulfonamides is 1. The Labute approximate surface area is 168 Å². The fourth-order valence-electron chi connectivity index (χ4n) is 4.04. The molecule has 2 aliphatic rings. The molecule has 1 aliphatic carbocycles. The zero-order valence-corrected chi connectivity index (χ0v) is 16.6. The second-order valence-corrected chi connectivity index (χ2v) is 9.51. The molecule has 0 saturated carbocycles. The van der Waals surface area contributed by atoms with Crippen molar-refractivity contribution in [3.8, 4) is 0 Å². The molecule has 1 aliphatic heterocycles. The van der Waals surface area contributed by atoms with Gasteiger partial charge in [0, 0.05) is 25.1 Å². The molecule has 0 bridgehead atoms. The number of benzene rings is 2. The van der Waals surface area contributed by atoms with Crippen LogP contribution in [-0.4, -0.2) is 31.7 Å². The Morgan fingerprint density at radius 3 is 2.48 bits per heavy atom. The summed E-state index contributed by atoms with van der Waals surface area (Å²) in [5.41, 5.74) is 2.10. The van der Waals surface area contributed by atoms with Gasteiger partial charge in [0.15, 0.2) is 0 Å². The first-order valence-electron chi connectivity index (χ1n) is 9.72. The van der Waals surface area contributed by atoms with Crippen molar-refractivity contribution in [2.75, 3.05) is 18.4 Å². The van der Waals surface area contributed by atoms with E-state index in [1.54, 1.807) is 12.1 Å². The number of halogens is 2. The van der Waals surface area contributed by atoms with Gasteiger partial charge in [0.1, 0.15) is 11.6 Å². The number of anilines is 1. The smallest absolute Gasteiger partial charge is 0.243 e. The van der Waals surface area contributed by atoms with Crippen LogP contribution in [0.1, 0.15) is 30.4 Å². The Hall–Kier alpha value is -2.32. The van der Waals surface area contributed by atoms with Gasteiger partial charge in [0.05, 0.1) is 10.6 Å². The van der Waals surface area contributed by atoms with Crippen molar-refractivity contribution in [2.24, 2.45) is 5.92 Å². The highest BCUT2D eigenvalue weighted by Crippen LogP contribution is 2.29. The van der Waals surface area contributed by atoms with Crippen LogP contribution in [0.2, 0.25) is 0 Å². The minimum absolute atomic E-state index is 0.205. The quantitative estimate of drug-likeness (QED) is 0.823. The van der Waals surface area contributed by atoms with Crippen LogP contribution in [0.15, 0.2) is 41.3 Å². The average Bonchev–Trinajstić information content (AvgIpc) is 3.18. The first-order valence-corrected chi connectivity index (χ1v) is 11.2. The normalized spacial score (nSPS) is 17.9. The van der Waals surface area contributed by atoms with E-state index < -0.39 is 33.5 Å². The zero-order valence-electron chi connectivity index (χ0n) is 15.8. The van der Waals surface area contributed by atoms with Crippen LogP contribution in [-0.2, 0) is 27.7 Å². The summed E-state index contributed by atoms with van der Waals surface area (Å²) in [6.07, 6.45) is 3.59. The standard InChI is InChI=1S/C21H22F2N2O3S/c22-17-5-7-19(23)20(13-17)24-21(26)15-8-10-25(11-9-15)29(27,28)18-6-4-14-2-1-3-16(14)12-18/h4-7,12-13,15H,1-3,8-11H2,(H,24,26). The molecule has 0 radical (unpaired) electrons. The van der Waals surface area contributed by atoms with Crippen molar-refractivity contribution in [1.82, 2.24) is 4.31 Å². The lowest BCUT2D eigenvalue weighted by molar-refractivity contribution is -0.120. The van der Waals surface area contributed by atoms with E-state index in [0.717, 1.165) is 43.0 Å². The first kappa shape index (κ1) is 20.0. The molecule has 2 aromatic carbocycles. The Balaban J connectivity index is 1.41. The molecule has 0 spiro atoms. The molecule has 5 nitrogen and oxygen atoms in total. The van der Waals surface area contributed by atoms with Gasteiger partial charge >= 0.3 is 0 Å². The molecule has 0 unspecified atom stereocenters. The second-order valence-electron chi connectivity index (χ2n) is 7.58. The summed E-state index contributed by atoms with van der Waals surface area (Å²) in [6.45, 7) is 0.423. The van der Waals surface area contributed by atoms with E-state index in [4.69, 9.17) is 0 Å². The van der Waals surface area contributed by atoms with Gasteiger partial charge < -0.3 is 5.32 Å². The van der Waals surface area contributed by atoms with E-state index in [9.17, 15) is 22.0 Å². The Bertz CT molecular complexity index is 1050. The molecule has 154 valence electrons. The third-order valence-electron chi connectivity index (χ3n) is 5.72. The fraction of sp³-hybridized carbons (Fsp3) is 0.381. The van der Waals surface area contributed by atoms with Crippen LogP contribution >= 0.6 is 0 Å².